The number of nitrogens with zero attached hydrogens (tertiary/aromatic N) is 4. The molecular formula is C27H43N7O5S3. The number of nitrogens with one attached hydrogen (secondary N) is 3. The minimum atomic E-state index is -3.95. The second kappa shape index (κ2) is 13.6. The monoisotopic (exact) mass is 641 g/mol. The van der Waals surface area contributed by atoms with E-state index in [1.54, 1.807) is 27.0 Å². The average molecular weight is 642 g/mol. The molecule has 4 N–H and O–H groups in total. The van der Waals surface area contributed by atoms with Crippen molar-refractivity contribution in [3.8, 4) is 5.75 Å². The molecule has 15 heteroatoms. The number of likely N-dealkylation sites (N-methyl/N-ethyl adjacent to an activating group) is 1. The van der Waals surface area contributed by atoms with E-state index in [0.717, 1.165) is 74.6 Å². The number of piperazine rings is 1. The Morgan fingerprint density at radius 3 is 2.50 bits per heavy atom. The molecule has 4 heterocycles. The Bertz CT molecular complexity index is 1420. The Kier molecular flexibility index (Phi) is 10.5. The Hall–Kier alpha value is -2.30. The predicted octanol–water partition coefficient (Wildman–Crippen LogP) is 3.48. The van der Waals surface area contributed by atoms with Crippen molar-refractivity contribution >= 4 is 49.9 Å². The van der Waals surface area contributed by atoms with Crippen molar-refractivity contribution in [1.29, 1.82) is 0 Å². The summed E-state index contributed by atoms with van der Waals surface area (Å²) in [7, 11) is -1.78. The van der Waals surface area contributed by atoms with Crippen molar-refractivity contribution in [2.45, 2.75) is 69.7 Å². The lowest BCUT2D eigenvalue weighted by atomic mass is 10.0. The fourth-order valence-electron chi connectivity index (χ4n) is 4.77. The van der Waals surface area contributed by atoms with Crippen LogP contribution in [0.1, 0.15) is 64.8 Å². The van der Waals surface area contributed by atoms with Crippen molar-refractivity contribution in [2.75, 3.05) is 45.1 Å². The molecule has 0 spiro atoms. The van der Waals surface area contributed by atoms with Gasteiger partial charge in [0.15, 0.2) is 21.6 Å². The van der Waals surface area contributed by atoms with Gasteiger partial charge in [-0.1, -0.05) is 13.8 Å². The minimum Gasteiger partial charge on any atom is -0.504 e. The number of aromatic hydroxyl groups is 1. The zero-order valence-electron chi connectivity index (χ0n) is 25.1. The van der Waals surface area contributed by atoms with Crippen molar-refractivity contribution in [3.05, 3.63) is 29.0 Å². The molecule has 0 saturated carbocycles. The molecule has 2 atom stereocenters. The number of anilines is 1. The van der Waals surface area contributed by atoms with Crippen LogP contribution in [-0.2, 0) is 27.6 Å². The van der Waals surface area contributed by atoms with Gasteiger partial charge in [0.2, 0.25) is 0 Å². The quantitative estimate of drug-likeness (QED) is 0.270. The van der Waals surface area contributed by atoms with Gasteiger partial charge in [-0.05, 0) is 71.2 Å². The SMILES string of the molecule is CC(C)[C@@H](NC1=NS(=O)N=C1Nc1csc(S(=O)(=O)NC(C)(C)C)c1O)c1cc(CCCCN2CCN(C)CC2)co1. The first-order valence-corrected chi connectivity index (χ1v) is 17.6. The van der Waals surface area contributed by atoms with Crippen LogP contribution in [0.25, 0.3) is 0 Å². The van der Waals surface area contributed by atoms with Crippen LogP contribution >= 0.6 is 11.3 Å². The molecule has 2 aliphatic rings. The normalized spacial score (nSPS) is 19.6. The van der Waals surface area contributed by atoms with Gasteiger partial charge >= 0.3 is 0 Å². The van der Waals surface area contributed by atoms with E-state index < -0.39 is 32.5 Å². The molecule has 2 aliphatic heterocycles. The number of hydrogen-bond acceptors (Lipinski definition) is 10. The van der Waals surface area contributed by atoms with E-state index in [1.807, 2.05) is 19.9 Å². The van der Waals surface area contributed by atoms with Gasteiger partial charge in [-0.3, -0.25) is 0 Å². The Balaban J connectivity index is 1.38. The minimum absolute atomic E-state index is 0.0917. The van der Waals surface area contributed by atoms with Gasteiger partial charge in [0.25, 0.3) is 21.2 Å². The van der Waals surface area contributed by atoms with Crippen LogP contribution in [-0.4, -0.2) is 84.5 Å². The molecule has 0 amide bonds. The van der Waals surface area contributed by atoms with Crippen LogP contribution in [0.2, 0.25) is 0 Å². The van der Waals surface area contributed by atoms with Gasteiger partial charge in [-0.15, -0.1) is 20.1 Å². The lowest BCUT2D eigenvalue weighted by molar-refractivity contribution is 0.152. The van der Waals surface area contributed by atoms with Gasteiger partial charge in [0, 0.05) is 37.1 Å². The highest BCUT2D eigenvalue weighted by atomic mass is 32.2. The molecule has 0 aromatic carbocycles. The fourth-order valence-corrected chi connectivity index (χ4v) is 8.05. The Morgan fingerprint density at radius 2 is 1.83 bits per heavy atom. The second-order valence-electron chi connectivity index (χ2n) is 12.2. The molecule has 0 bridgehead atoms. The van der Waals surface area contributed by atoms with Crippen LogP contribution in [0.3, 0.4) is 0 Å². The third-order valence-electron chi connectivity index (χ3n) is 6.96. The summed E-state index contributed by atoms with van der Waals surface area (Å²) >= 11 is -1.00. The average Bonchev–Trinajstić information content (AvgIpc) is 3.59. The van der Waals surface area contributed by atoms with E-state index in [1.165, 1.54) is 5.38 Å². The highest BCUT2D eigenvalue weighted by Gasteiger charge is 2.31. The molecule has 1 saturated heterocycles. The van der Waals surface area contributed by atoms with E-state index >= 15 is 0 Å². The first-order chi connectivity index (χ1) is 19.7. The summed E-state index contributed by atoms with van der Waals surface area (Å²) in [5.74, 6) is 0.753. The first kappa shape index (κ1) is 32.6. The van der Waals surface area contributed by atoms with Crippen LogP contribution in [0.15, 0.2) is 35.1 Å². The van der Waals surface area contributed by atoms with E-state index in [-0.39, 0.29) is 33.5 Å². The lowest BCUT2D eigenvalue weighted by Gasteiger charge is -2.32. The first-order valence-electron chi connectivity index (χ1n) is 14.2. The lowest BCUT2D eigenvalue weighted by Crippen LogP contribution is -2.44. The molecular weight excluding hydrogens is 599 g/mol. The van der Waals surface area contributed by atoms with Crippen molar-refractivity contribution in [1.82, 2.24) is 19.8 Å². The number of furan rings is 1. The molecule has 0 radical (unpaired) electrons. The number of sulfonamides is 1. The maximum atomic E-state index is 12.8. The third-order valence-corrected chi connectivity index (χ3v) is 10.9. The zero-order valence-corrected chi connectivity index (χ0v) is 27.6. The summed E-state index contributed by atoms with van der Waals surface area (Å²) in [6.45, 7) is 14.8. The summed E-state index contributed by atoms with van der Waals surface area (Å²) in [4.78, 5) is 4.89. The summed E-state index contributed by atoms with van der Waals surface area (Å²) in [5, 5.41) is 18.4. The van der Waals surface area contributed by atoms with Gasteiger partial charge in [-0.2, -0.15) is 0 Å². The summed E-state index contributed by atoms with van der Waals surface area (Å²) < 4.78 is 54.2. The largest absolute Gasteiger partial charge is 0.504 e. The topological polar surface area (TPSA) is 152 Å². The van der Waals surface area contributed by atoms with Crippen LogP contribution in [0, 0.1) is 5.92 Å². The van der Waals surface area contributed by atoms with Crippen LogP contribution < -0.4 is 15.4 Å². The number of amidine groups is 2. The van der Waals surface area contributed by atoms with Crippen molar-refractivity contribution < 1.29 is 22.2 Å². The summed E-state index contributed by atoms with van der Waals surface area (Å²) in [5.41, 5.74) is 0.529. The van der Waals surface area contributed by atoms with Crippen molar-refractivity contribution in [2.24, 2.45) is 14.7 Å². The zero-order chi connectivity index (χ0) is 30.7. The number of aryl methyl sites for hydroxylation is 1. The van der Waals surface area contributed by atoms with Crippen LogP contribution in [0.5, 0.6) is 5.75 Å². The summed E-state index contributed by atoms with van der Waals surface area (Å²) in [6, 6.07) is 1.77. The molecule has 1 unspecified atom stereocenters. The van der Waals surface area contributed by atoms with E-state index in [4.69, 9.17) is 4.42 Å². The standard InChI is InChI=1S/C27H43N7O5S3/c1-18(2)22(21-15-19(16-39-21)9-7-8-10-34-13-11-33(6)12-14-34)29-25-24(30-41(36)31-25)28-20-17-40-26(23(20)35)42(37,38)32-27(3,4)5/h15-18,22,32,35H,7-14H2,1-6H3,(H,28,30)(H,29,31)/t22-,41?/m1/s1. The van der Waals surface area contributed by atoms with Crippen molar-refractivity contribution in [3.63, 3.8) is 0 Å². The number of unbranched alkanes of at least 4 members (excludes halogenated alkanes) is 1. The highest BCUT2D eigenvalue weighted by Crippen LogP contribution is 2.38. The smallest absolute Gasteiger partial charge is 0.269 e. The maximum Gasteiger partial charge on any atom is 0.269 e. The predicted molar refractivity (Wildman–Crippen MR) is 169 cm³/mol. The Labute approximate surface area is 255 Å². The van der Waals surface area contributed by atoms with Gasteiger partial charge in [-0.25, -0.2) is 17.3 Å². The molecule has 2 aromatic rings. The van der Waals surface area contributed by atoms with E-state index in [0.29, 0.717) is 0 Å². The molecule has 2 aromatic heterocycles. The molecule has 234 valence electrons. The molecule has 0 aliphatic carbocycles. The highest BCUT2D eigenvalue weighted by molar-refractivity contribution is 7.91. The fraction of sp³-hybridized carbons (Fsp3) is 0.630. The van der Waals surface area contributed by atoms with Gasteiger partial charge in [0.1, 0.15) is 5.76 Å². The summed E-state index contributed by atoms with van der Waals surface area (Å²) in [6.07, 6.45) is 4.93. The third kappa shape index (κ3) is 8.63. The number of rotatable bonds is 11. The maximum absolute atomic E-state index is 12.8. The molecule has 12 nitrogen and oxygen atoms in total. The van der Waals surface area contributed by atoms with Crippen LogP contribution in [0.4, 0.5) is 5.69 Å². The van der Waals surface area contributed by atoms with Gasteiger partial charge < -0.3 is 30.0 Å². The Morgan fingerprint density at radius 1 is 1.14 bits per heavy atom. The van der Waals surface area contributed by atoms with E-state index in [9.17, 15) is 17.7 Å². The molecule has 1 fully saturated rings. The van der Waals surface area contributed by atoms with E-state index in [2.05, 4.69) is 41.0 Å². The number of thiophene rings is 1. The molecule has 42 heavy (non-hydrogen) atoms. The second-order valence-corrected chi connectivity index (χ2v) is 15.8. The van der Waals surface area contributed by atoms with Gasteiger partial charge in [0.05, 0.1) is 18.0 Å². The number of hydrogen-bond donors (Lipinski definition) is 4. The molecule has 4 rings (SSSR count).